The fourth-order valence-electron chi connectivity index (χ4n) is 1.95. The molecule has 0 aliphatic heterocycles. The Balaban J connectivity index is 2.31. The number of rotatable bonds is 6. The molecule has 1 saturated carbocycles. The summed E-state index contributed by atoms with van der Waals surface area (Å²) in [5.41, 5.74) is -0.522. The number of hydrogen-bond acceptors (Lipinski definition) is 2. The van der Waals surface area contributed by atoms with Crippen LogP contribution in [0.2, 0.25) is 0 Å². The van der Waals surface area contributed by atoms with Gasteiger partial charge in [0, 0.05) is 12.6 Å². The van der Waals surface area contributed by atoms with E-state index in [-0.39, 0.29) is 0 Å². The minimum atomic E-state index is -0.522. The number of hydrogen-bond donors (Lipinski definition) is 2. The Morgan fingerprint density at radius 3 is 2.31 bits per heavy atom. The van der Waals surface area contributed by atoms with Gasteiger partial charge in [0.1, 0.15) is 0 Å². The first-order valence-corrected chi connectivity index (χ1v) is 5.56. The summed E-state index contributed by atoms with van der Waals surface area (Å²) < 4.78 is 0. The quantitative estimate of drug-likeness (QED) is 0.662. The number of aliphatic hydroxyl groups is 1. The fraction of sp³-hybridized carbons (Fsp3) is 1.00. The monoisotopic (exact) mass is 185 g/mol. The summed E-state index contributed by atoms with van der Waals surface area (Å²) in [6.07, 6.45) is 4.71. The largest absolute Gasteiger partial charge is 0.389 e. The Morgan fingerprint density at radius 1 is 1.38 bits per heavy atom. The summed E-state index contributed by atoms with van der Waals surface area (Å²) in [5, 5.41) is 13.6. The molecule has 1 aliphatic carbocycles. The van der Waals surface area contributed by atoms with Gasteiger partial charge >= 0.3 is 0 Å². The molecule has 2 heteroatoms. The smallest absolute Gasteiger partial charge is 0.0771 e. The Hall–Kier alpha value is -0.0800. The van der Waals surface area contributed by atoms with Crippen molar-refractivity contribution in [2.45, 2.75) is 58.1 Å². The molecule has 78 valence electrons. The molecular formula is C11H23NO. The molecule has 0 radical (unpaired) electrons. The highest BCUT2D eigenvalue weighted by Gasteiger charge is 2.31. The summed E-state index contributed by atoms with van der Waals surface area (Å²) >= 11 is 0. The Kier molecular flexibility index (Phi) is 3.74. The molecule has 0 bridgehead atoms. The van der Waals surface area contributed by atoms with Crippen LogP contribution in [-0.4, -0.2) is 23.3 Å². The lowest BCUT2D eigenvalue weighted by molar-refractivity contribution is -0.00381. The van der Waals surface area contributed by atoms with Gasteiger partial charge in [-0.1, -0.05) is 26.7 Å². The predicted molar refractivity (Wildman–Crippen MR) is 55.7 cm³/mol. The summed E-state index contributed by atoms with van der Waals surface area (Å²) in [6, 6.07) is 0.695. The lowest BCUT2D eigenvalue weighted by Crippen LogP contribution is -2.44. The Bertz CT molecular complexity index is 148. The van der Waals surface area contributed by atoms with Crippen molar-refractivity contribution in [2.75, 3.05) is 6.54 Å². The van der Waals surface area contributed by atoms with Crippen molar-refractivity contribution < 1.29 is 5.11 Å². The van der Waals surface area contributed by atoms with Gasteiger partial charge in [-0.25, -0.2) is 0 Å². The second-order valence-electron chi connectivity index (χ2n) is 4.53. The molecule has 0 aromatic carbocycles. The zero-order chi connectivity index (χ0) is 9.90. The molecule has 0 saturated heterocycles. The molecule has 13 heavy (non-hydrogen) atoms. The third kappa shape index (κ3) is 3.28. The van der Waals surface area contributed by atoms with Gasteiger partial charge in [-0.3, -0.25) is 0 Å². The van der Waals surface area contributed by atoms with Gasteiger partial charge in [0.15, 0.2) is 0 Å². The van der Waals surface area contributed by atoms with E-state index in [1.165, 1.54) is 12.8 Å². The topological polar surface area (TPSA) is 32.3 Å². The fourth-order valence-corrected chi connectivity index (χ4v) is 1.95. The van der Waals surface area contributed by atoms with E-state index in [0.29, 0.717) is 12.0 Å². The van der Waals surface area contributed by atoms with Gasteiger partial charge in [0.2, 0.25) is 0 Å². The van der Waals surface area contributed by atoms with Gasteiger partial charge in [0.25, 0.3) is 0 Å². The first-order valence-electron chi connectivity index (χ1n) is 5.56. The zero-order valence-electron chi connectivity index (χ0n) is 9.14. The minimum Gasteiger partial charge on any atom is -0.389 e. The summed E-state index contributed by atoms with van der Waals surface area (Å²) in [5.74, 6) is 0.429. The van der Waals surface area contributed by atoms with Crippen LogP contribution >= 0.6 is 0 Å². The van der Waals surface area contributed by atoms with Crippen molar-refractivity contribution >= 4 is 0 Å². The summed E-state index contributed by atoms with van der Waals surface area (Å²) in [7, 11) is 0. The molecule has 2 N–H and O–H groups in total. The van der Waals surface area contributed by atoms with E-state index in [2.05, 4.69) is 19.2 Å². The predicted octanol–water partition coefficient (Wildman–Crippen LogP) is 1.93. The average Bonchev–Trinajstić information content (AvgIpc) is 2.85. The van der Waals surface area contributed by atoms with E-state index in [0.717, 1.165) is 19.4 Å². The minimum absolute atomic E-state index is 0.429. The number of nitrogens with one attached hydrogen (secondary N) is 1. The molecule has 1 aliphatic rings. The van der Waals surface area contributed by atoms with Crippen molar-refractivity contribution in [2.24, 2.45) is 5.92 Å². The van der Waals surface area contributed by atoms with Crippen molar-refractivity contribution in [3.8, 4) is 0 Å². The van der Waals surface area contributed by atoms with E-state index in [1.54, 1.807) is 0 Å². The first kappa shape index (κ1) is 11.0. The molecule has 0 heterocycles. The van der Waals surface area contributed by atoms with Gasteiger partial charge in [-0.05, 0) is 25.7 Å². The highest BCUT2D eigenvalue weighted by atomic mass is 16.3. The maximum Gasteiger partial charge on any atom is 0.0771 e. The van der Waals surface area contributed by atoms with Gasteiger partial charge < -0.3 is 10.4 Å². The molecule has 1 atom stereocenters. The SMILES string of the molecule is CCC(CC)C(C)(O)CNC1CC1. The molecule has 0 aromatic rings. The lowest BCUT2D eigenvalue weighted by Gasteiger charge is -2.32. The van der Waals surface area contributed by atoms with Crippen LogP contribution in [-0.2, 0) is 0 Å². The van der Waals surface area contributed by atoms with Crippen molar-refractivity contribution in [1.29, 1.82) is 0 Å². The molecular weight excluding hydrogens is 162 g/mol. The van der Waals surface area contributed by atoms with Crippen molar-refractivity contribution in [1.82, 2.24) is 5.32 Å². The molecule has 0 amide bonds. The van der Waals surface area contributed by atoms with E-state index < -0.39 is 5.60 Å². The van der Waals surface area contributed by atoms with Crippen molar-refractivity contribution in [3.05, 3.63) is 0 Å². The van der Waals surface area contributed by atoms with Crippen LogP contribution < -0.4 is 5.32 Å². The molecule has 1 rings (SSSR count). The van der Waals surface area contributed by atoms with Crippen LogP contribution in [0, 0.1) is 5.92 Å². The zero-order valence-corrected chi connectivity index (χ0v) is 9.14. The van der Waals surface area contributed by atoms with Crippen LogP contribution in [0.5, 0.6) is 0 Å². The standard InChI is InChI=1S/C11H23NO/c1-4-9(5-2)11(3,13)8-12-10-6-7-10/h9-10,12-13H,4-8H2,1-3H3. The Morgan fingerprint density at radius 2 is 1.92 bits per heavy atom. The first-order chi connectivity index (χ1) is 6.10. The van der Waals surface area contributed by atoms with E-state index in [1.807, 2.05) is 6.92 Å². The molecule has 2 nitrogen and oxygen atoms in total. The molecule has 1 fully saturated rings. The van der Waals surface area contributed by atoms with E-state index >= 15 is 0 Å². The maximum atomic E-state index is 10.2. The summed E-state index contributed by atoms with van der Waals surface area (Å²) in [6.45, 7) is 7.02. The third-order valence-electron chi connectivity index (χ3n) is 3.19. The molecule has 1 unspecified atom stereocenters. The van der Waals surface area contributed by atoms with Crippen LogP contribution in [0.25, 0.3) is 0 Å². The maximum absolute atomic E-state index is 10.2. The highest BCUT2D eigenvalue weighted by molar-refractivity contribution is 4.88. The second-order valence-corrected chi connectivity index (χ2v) is 4.53. The molecule has 0 spiro atoms. The highest BCUT2D eigenvalue weighted by Crippen LogP contribution is 2.25. The second kappa shape index (κ2) is 4.43. The van der Waals surface area contributed by atoms with E-state index in [4.69, 9.17) is 0 Å². The third-order valence-corrected chi connectivity index (χ3v) is 3.19. The van der Waals surface area contributed by atoms with Crippen LogP contribution in [0.15, 0.2) is 0 Å². The van der Waals surface area contributed by atoms with Gasteiger partial charge in [-0.2, -0.15) is 0 Å². The van der Waals surface area contributed by atoms with Crippen molar-refractivity contribution in [3.63, 3.8) is 0 Å². The molecule has 0 aromatic heterocycles. The van der Waals surface area contributed by atoms with Crippen LogP contribution in [0.4, 0.5) is 0 Å². The summed E-state index contributed by atoms with van der Waals surface area (Å²) in [4.78, 5) is 0. The van der Waals surface area contributed by atoms with Crippen LogP contribution in [0.1, 0.15) is 46.5 Å². The lowest BCUT2D eigenvalue weighted by atomic mass is 9.85. The van der Waals surface area contributed by atoms with Gasteiger partial charge in [0.05, 0.1) is 5.60 Å². The van der Waals surface area contributed by atoms with E-state index in [9.17, 15) is 5.11 Å². The van der Waals surface area contributed by atoms with Gasteiger partial charge in [-0.15, -0.1) is 0 Å². The average molecular weight is 185 g/mol. The Labute approximate surface area is 81.7 Å². The van der Waals surface area contributed by atoms with Crippen LogP contribution in [0.3, 0.4) is 0 Å². The normalized spacial score (nSPS) is 21.9.